The lowest BCUT2D eigenvalue weighted by Crippen LogP contribution is -2.26. The van der Waals surface area contributed by atoms with Gasteiger partial charge in [-0.25, -0.2) is 0 Å². The number of nitrogens with one attached hydrogen (secondary N) is 2. The van der Waals surface area contributed by atoms with Crippen molar-refractivity contribution in [3.8, 4) is 0 Å². The SMILES string of the molecule is CC(=O)c1c(C)[nH]c(C(=O)NCCCn2cccn2)c1C. The summed E-state index contributed by atoms with van der Waals surface area (Å²) in [5.41, 5.74) is 2.53. The van der Waals surface area contributed by atoms with Crippen molar-refractivity contribution >= 4 is 11.7 Å². The highest BCUT2D eigenvalue weighted by Gasteiger charge is 2.19. The number of carbonyl (C=O) groups excluding carboxylic acids is 2. The number of Topliss-reactive ketones (excluding diaryl/α,β-unsaturated/α-hetero) is 1. The summed E-state index contributed by atoms with van der Waals surface area (Å²) in [5.74, 6) is -0.206. The number of H-pyrrole nitrogens is 1. The van der Waals surface area contributed by atoms with E-state index in [9.17, 15) is 9.59 Å². The molecule has 6 heteroatoms. The lowest BCUT2D eigenvalue weighted by atomic mass is 10.1. The molecule has 0 spiro atoms. The van der Waals surface area contributed by atoms with Crippen LogP contribution in [0.2, 0.25) is 0 Å². The van der Waals surface area contributed by atoms with Crippen LogP contribution in [0.15, 0.2) is 18.5 Å². The van der Waals surface area contributed by atoms with Crippen LogP contribution in [0.25, 0.3) is 0 Å². The van der Waals surface area contributed by atoms with E-state index in [0.29, 0.717) is 23.4 Å². The van der Waals surface area contributed by atoms with Gasteiger partial charge in [-0.05, 0) is 38.8 Å². The Hall–Kier alpha value is -2.37. The molecule has 0 saturated carbocycles. The fourth-order valence-corrected chi connectivity index (χ4v) is 2.47. The lowest BCUT2D eigenvalue weighted by Gasteiger charge is -2.05. The van der Waals surface area contributed by atoms with Gasteiger partial charge in [0.1, 0.15) is 5.69 Å². The predicted octanol–water partition coefficient (Wildman–Crippen LogP) is 1.85. The fraction of sp³-hybridized carbons (Fsp3) is 0.400. The topological polar surface area (TPSA) is 79.8 Å². The summed E-state index contributed by atoms with van der Waals surface area (Å²) < 4.78 is 1.82. The number of rotatable bonds is 6. The average Bonchev–Trinajstić information content (AvgIpc) is 3.02. The van der Waals surface area contributed by atoms with Crippen LogP contribution in [-0.2, 0) is 6.54 Å². The van der Waals surface area contributed by atoms with Gasteiger partial charge in [0, 0.05) is 36.7 Å². The van der Waals surface area contributed by atoms with Crippen LogP contribution in [-0.4, -0.2) is 33.0 Å². The summed E-state index contributed by atoms with van der Waals surface area (Å²) in [7, 11) is 0. The summed E-state index contributed by atoms with van der Waals surface area (Å²) in [4.78, 5) is 26.7. The van der Waals surface area contributed by atoms with Crippen molar-refractivity contribution < 1.29 is 9.59 Å². The maximum Gasteiger partial charge on any atom is 0.268 e. The van der Waals surface area contributed by atoms with E-state index in [4.69, 9.17) is 0 Å². The molecule has 0 bridgehead atoms. The minimum absolute atomic E-state index is 0.0287. The standard InChI is InChI=1S/C15H20N4O2/c1-10-13(12(3)20)11(2)18-14(10)15(21)16-6-4-8-19-9-5-7-17-19/h5,7,9,18H,4,6,8H2,1-3H3,(H,16,21). The van der Waals surface area contributed by atoms with Gasteiger partial charge in [0.25, 0.3) is 5.91 Å². The Morgan fingerprint density at radius 2 is 2.14 bits per heavy atom. The zero-order valence-corrected chi connectivity index (χ0v) is 12.6. The van der Waals surface area contributed by atoms with Crippen molar-refractivity contribution in [3.05, 3.63) is 41.0 Å². The Morgan fingerprint density at radius 1 is 1.38 bits per heavy atom. The van der Waals surface area contributed by atoms with E-state index in [-0.39, 0.29) is 11.7 Å². The average molecular weight is 288 g/mol. The van der Waals surface area contributed by atoms with Crippen LogP contribution < -0.4 is 5.32 Å². The largest absolute Gasteiger partial charge is 0.354 e. The zero-order valence-electron chi connectivity index (χ0n) is 12.6. The zero-order chi connectivity index (χ0) is 15.4. The summed E-state index contributed by atoms with van der Waals surface area (Å²) in [6.45, 7) is 6.42. The van der Waals surface area contributed by atoms with Crippen LogP contribution >= 0.6 is 0 Å². The molecule has 6 nitrogen and oxygen atoms in total. The van der Waals surface area contributed by atoms with Crippen molar-refractivity contribution in [3.63, 3.8) is 0 Å². The minimum atomic E-state index is -0.177. The summed E-state index contributed by atoms with van der Waals surface area (Å²) in [5, 5.41) is 6.96. The molecule has 21 heavy (non-hydrogen) atoms. The second-order valence-corrected chi connectivity index (χ2v) is 5.06. The lowest BCUT2D eigenvalue weighted by molar-refractivity contribution is 0.0947. The molecule has 0 unspecified atom stereocenters. The second kappa shape index (κ2) is 6.39. The molecular weight excluding hydrogens is 268 g/mol. The van der Waals surface area contributed by atoms with Gasteiger partial charge in [0.15, 0.2) is 5.78 Å². The van der Waals surface area contributed by atoms with E-state index in [1.165, 1.54) is 6.92 Å². The van der Waals surface area contributed by atoms with Gasteiger partial charge in [0.2, 0.25) is 0 Å². The third-order valence-corrected chi connectivity index (χ3v) is 3.43. The van der Waals surface area contributed by atoms with Crippen LogP contribution in [0.4, 0.5) is 0 Å². The Balaban J connectivity index is 1.91. The van der Waals surface area contributed by atoms with Crippen molar-refractivity contribution in [2.75, 3.05) is 6.54 Å². The maximum absolute atomic E-state index is 12.1. The molecule has 0 aliphatic carbocycles. The highest BCUT2D eigenvalue weighted by Crippen LogP contribution is 2.18. The van der Waals surface area contributed by atoms with Crippen molar-refractivity contribution in [2.24, 2.45) is 0 Å². The molecule has 1 amide bonds. The first-order chi connectivity index (χ1) is 10.0. The summed E-state index contributed by atoms with van der Waals surface area (Å²) in [6.07, 6.45) is 4.41. The number of aromatic nitrogens is 3. The number of nitrogens with zero attached hydrogens (tertiary/aromatic N) is 2. The van der Waals surface area contributed by atoms with Gasteiger partial charge in [-0.2, -0.15) is 5.10 Å². The molecule has 0 radical (unpaired) electrons. The normalized spacial score (nSPS) is 10.6. The van der Waals surface area contributed by atoms with E-state index < -0.39 is 0 Å². The first kappa shape index (κ1) is 15.0. The monoisotopic (exact) mass is 288 g/mol. The number of hydrogen-bond acceptors (Lipinski definition) is 3. The van der Waals surface area contributed by atoms with Gasteiger partial charge in [0.05, 0.1) is 0 Å². The molecule has 0 saturated heterocycles. The molecule has 0 aliphatic heterocycles. The van der Waals surface area contributed by atoms with E-state index in [1.807, 2.05) is 16.9 Å². The highest BCUT2D eigenvalue weighted by atomic mass is 16.2. The molecule has 2 aromatic rings. The number of hydrogen-bond donors (Lipinski definition) is 2. The quantitative estimate of drug-likeness (QED) is 0.629. The minimum Gasteiger partial charge on any atom is -0.354 e. The third kappa shape index (κ3) is 3.39. The third-order valence-electron chi connectivity index (χ3n) is 3.43. The van der Waals surface area contributed by atoms with Crippen molar-refractivity contribution in [1.29, 1.82) is 0 Å². The van der Waals surface area contributed by atoms with Gasteiger partial charge in [-0.1, -0.05) is 0 Å². The van der Waals surface area contributed by atoms with Gasteiger partial charge < -0.3 is 10.3 Å². The first-order valence-corrected chi connectivity index (χ1v) is 6.96. The van der Waals surface area contributed by atoms with Crippen LogP contribution in [0.1, 0.15) is 45.4 Å². The highest BCUT2D eigenvalue weighted by molar-refractivity contribution is 6.02. The molecule has 112 valence electrons. The van der Waals surface area contributed by atoms with Crippen LogP contribution in [0, 0.1) is 13.8 Å². The Morgan fingerprint density at radius 3 is 2.71 bits per heavy atom. The number of aromatic amines is 1. The molecule has 2 heterocycles. The second-order valence-electron chi connectivity index (χ2n) is 5.06. The molecular formula is C15H20N4O2. The molecule has 0 aliphatic rings. The van der Waals surface area contributed by atoms with Crippen molar-refractivity contribution in [1.82, 2.24) is 20.1 Å². The Kier molecular flexibility index (Phi) is 4.57. The maximum atomic E-state index is 12.1. The fourth-order valence-electron chi connectivity index (χ4n) is 2.47. The van der Waals surface area contributed by atoms with E-state index >= 15 is 0 Å². The number of carbonyl (C=O) groups is 2. The van der Waals surface area contributed by atoms with Gasteiger partial charge >= 0.3 is 0 Å². The predicted molar refractivity (Wildman–Crippen MR) is 79.4 cm³/mol. The summed E-state index contributed by atoms with van der Waals surface area (Å²) >= 11 is 0. The summed E-state index contributed by atoms with van der Waals surface area (Å²) in [6, 6.07) is 1.87. The molecule has 0 aromatic carbocycles. The molecule has 2 aromatic heterocycles. The molecule has 2 N–H and O–H groups in total. The molecule has 2 rings (SSSR count). The van der Waals surface area contributed by atoms with E-state index in [2.05, 4.69) is 15.4 Å². The van der Waals surface area contributed by atoms with E-state index in [1.54, 1.807) is 20.0 Å². The number of ketones is 1. The smallest absolute Gasteiger partial charge is 0.268 e. The van der Waals surface area contributed by atoms with E-state index in [0.717, 1.165) is 18.7 Å². The number of aryl methyl sites for hydroxylation is 2. The number of amides is 1. The van der Waals surface area contributed by atoms with Gasteiger partial charge in [-0.3, -0.25) is 14.3 Å². The van der Waals surface area contributed by atoms with Crippen molar-refractivity contribution in [2.45, 2.75) is 33.7 Å². The molecule has 0 atom stereocenters. The Labute approximate surface area is 123 Å². The Bertz CT molecular complexity index is 641. The molecule has 0 fully saturated rings. The van der Waals surface area contributed by atoms with Gasteiger partial charge in [-0.15, -0.1) is 0 Å². The van der Waals surface area contributed by atoms with Crippen LogP contribution in [0.3, 0.4) is 0 Å². The van der Waals surface area contributed by atoms with Crippen LogP contribution in [0.5, 0.6) is 0 Å². The first-order valence-electron chi connectivity index (χ1n) is 6.96.